The van der Waals surface area contributed by atoms with Crippen molar-refractivity contribution in [3.63, 3.8) is 0 Å². The zero-order chi connectivity index (χ0) is 24.1. The van der Waals surface area contributed by atoms with Crippen molar-refractivity contribution < 1.29 is 27.1 Å². The van der Waals surface area contributed by atoms with Crippen LogP contribution in [0.5, 0.6) is 0 Å². The molecule has 3 aromatic rings. The molecule has 0 bridgehead atoms. The van der Waals surface area contributed by atoms with E-state index in [2.05, 4.69) is 0 Å². The highest BCUT2D eigenvalue weighted by molar-refractivity contribution is 7.89. The fourth-order valence-corrected chi connectivity index (χ4v) is 5.32. The van der Waals surface area contributed by atoms with E-state index >= 15 is 0 Å². The highest BCUT2D eigenvalue weighted by atomic mass is 32.2. The number of carbonyl (C=O) groups is 2. The number of hydrogen-bond acceptors (Lipinski definition) is 5. The van der Waals surface area contributed by atoms with Gasteiger partial charge in [0.1, 0.15) is 5.82 Å². The molecule has 1 amide bonds. The van der Waals surface area contributed by atoms with Crippen LogP contribution in [0.1, 0.15) is 12.0 Å². The summed E-state index contributed by atoms with van der Waals surface area (Å²) < 4.78 is 45.5. The maximum atomic E-state index is 13.1. The molecule has 0 radical (unpaired) electrons. The maximum Gasteiger partial charge on any atom is 0.306 e. The molecule has 1 aliphatic rings. The number of sulfonamides is 1. The van der Waals surface area contributed by atoms with Gasteiger partial charge in [-0.3, -0.25) is 9.59 Å². The fraction of sp³-hybridized carbons (Fsp3) is 0.280. The number of esters is 1. The summed E-state index contributed by atoms with van der Waals surface area (Å²) in [6.07, 6.45) is 0.468. The Balaban J connectivity index is 1.25. The second-order valence-corrected chi connectivity index (χ2v) is 10.0. The fourth-order valence-electron chi connectivity index (χ4n) is 3.86. The van der Waals surface area contributed by atoms with E-state index in [4.69, 9.17) is 4.74 Å². The number of halogens is 1. The van der Waals surface area contributed by atoms with Gasteiger partial charge in [-0.2, -0.15) is 4.31 Å². The third-order valence-corrected chi connectivity index (χ3v) is 7.73. The molecule has 7 nitrogen and oxygen atoms in total. The molecule has 0 aliphatic carbocycles. The van der Waals surface area contributed by atoms with Gasteiger partial charge in [-0.1, -0.05) is 42.5 Å². The summed E-state index contributed by atoms with van der Waals surface area (Å²) in [5, 5.41) is 1.81. The number of amides is 1. The van der Waals surface area contributed by atoms with E-state index in [9.17, 15) is 22.4 Å². The Kier molecular flexibility index (Phi) is 7.23. The predicted molar refractivity (Wildman–Crippen MR) is 125 cm³/mol. The van der Waals surface area contributed by atoms with Gasteiger partial charge in [-0.15, -0.1) is 0 Å². The molecule has 1 fully saturated rings. The van der Waals surface area contributed by atoms with Gasteiger partial charge in [-0.25, -0.2) is 12.8 Å². The van der Waals surface area contributed by atoms with E-state index in [1.54, 1.807) is 30.3 Å². The number of hydrogen-bond donors (Lipinski definition) is 0. The number of aryl methyl sites for hydroxylation is 1. The van der Waals surface area contributed by atoms with Crippen LogP contribution in [-0.4, -0.2) is 62.3 Å². The van der Waals surface area contributed by atoms with Crippen LogP contribution in [0.4, 0.5) is 4.39 Å². The van der Waals surface area contributed by atoms with Crippen LogP contribution in [0.3, 0.4) is 0 Å². The van der Waals surface area contributed by atoms with Crippen molar-refractivity contribution in [1.29, 1.82) is 0 Å². The first-order valence-electron chi connectivity index (χ1n) is 11.0. The van der Waals surface area contributed by atoms with Crippen LogP contribution in [0, 0.1) is 5.82 Å². The van der Waals surface area contributed by atoms with Crippen LogP contribution in [-0.2, 0) is 30.8 Å². The summed E-state index contributed by atoms with van der Waals surface area (Å²) in [5.74, 6) is -1.23. The van der Waals surface area contributed by atoms with E-state index in [1.165, 1.54) is 21.3 Å². The molecular weight excluding hydrogens is 459 g/mol. The predicted octanol–water partition coefficient (Wildman–Crippen LogP) is 2.99. The number of benzene rings is 3. The minimum Gasteiger partial charge on any atom is -0.456 e. The number of fused-ring (bicyclic) bond motifs is 1. The lowest BCUT2D eigenvalue weighted by atomic mass is 10.1. The molecule has 0 atom stereocenters. The van der Waals surface area contributed by atoms with Crippen molar-refractivity contribution in [3.8, 4) is 0 Å². The van der Waals surface area contributed by atoms with Crippen LogP contribution >= 0.6 is 0 Å². The van der Waals surface area contributed by atoms with Gasteiger partial charge in [-0.05, 0) is 47.0 Å². The van der Waals surface area contributed by atoms with E-state index in [0.29, 0.717) is 6.42 Å². The average molecular weight is 485 g/mol. The molecule has 1 saturated heterocycles. The molecule has 0 unspecified atom stereocenters. The van der Waals surface area contributed by atoms with Gasteiger partial charge in [0, 0.05) is 32.6 Å². The van der Waals surface area contributed by atoms with Crippen LogP contribution in [0.2, 0.25) is 0 Å². The lowest BCUT2D eigenvalue weighted by Gasteiger charge is -2.33. The molecule has 178 valence electrons. The van der Waals surface area contributed by atoms with E-state index < -0.39 is 16.0 Å². The number of carbonyl (C=O) groups excluding carboxylic acids is 2. The van der Waals surface area contributed by atoms with Crippen molar-refractivity contribution in [1.82, 2.24) is 9.21 Å². The third-order valence-electron chi connectivity index (χ3n) is 5.84. The Morgan fingerprint density at radius 3 is 2.26 bits per heavy atom. The van der Waals surface area contributed by atoms with Gasteiger partial charge in [0.2, 0.25) is 10.0 Å². The molecule has 0 N–H and O–H groups in total. The lowest BCUT2D eigenvalue weighted by molar-refractivity contribution is -0.152. The van der Waals surface area contributed by atoms with Crippen LogP contribution < -0.4 is 0 Å². The minimum absolute atomic E-state index is 0.0801. The smallest absolute Gasteiger partial charge is 0.306 e. The zero-order valence-electron chi connectivity index (χ0n) is 18.5. The van der Waals surface area contributed by atoms with Crippen molar-refractivity contribution in [2.24, 2.45) is 0 Å². The molecule has 1 heterocycles. The molecule has 0 saturated carbocycles. The van der Waals surface area contributed by atoms with Gasteiger partial charge in [0.25, 0.3) is 5.91 Å². The quantitative estimate of drug-likeness (QED) is 0.482. The van der Waals surface area contributed by atoms with Gasteiger partial charge in [0.15, 0.2) is 6.61 Å². The SMILES string of the molecule is O=C(CCc1ccc(F)cc1)OCC(=O)N1CCN(S(=O)(=O)c2ccc3ccccc3c2)CC1. The lowest BCUT2D eigenvalue weighted by Crippen LogP contribution is -2.51. The van der Waals surface area contributed by atoms with Gasteiger partial charge < -0.3 is 9.64 Å². The van der Waals surface area contributed by atoms with Gasteiger partial charge >= 0.3 is 5.97 Å². The number of ether oxygens (including phenoxy) is 1. The standard InChI is InChI=1S/C25H25FN2O5S/c26-22-9-5-19(6-10-22)7-12-25(30)33-18-24(29)27-13-15-28(16-14-27)34(31,32)23-11-8-20-3-1-2-4-21(20)17-23/h1-6,8-11,17H,7,12-16,18H2. The van der Waals surface area contributed by atoms with Crippen molar-refractivity contribution in [3.05, 3.63) is 78.1 Å². The summed E-state index contributed by atoms with van der Waals surface area (Å²) in [4.78, 5) is 26.1. The summed E-state index contributed by atoms with van der Waals surface area (Å²) in [6.45, 7) is 0.385. The summed E-state index contributed by atoms with van der Waals surface area (Å²) in [6, 6.07) is 18.4. The normalized spacial score (nSPS) is 14.8. The Morgan fingerprint density at radius 1 is 0.882 bits per heavy atom. The summed E-state index contributed by atoms with van der Waals surface area (Å²) in [5.41, 5.74) is 0.799. The first kappa shape index (κ1) is 23.8. The zero-order valence-corrected chi connectivity index (χ0v) is 19.3. The largest absolute Gasteiger partial charge is 0.456 e. The molecular formula is C25H25FN2O5S. The average Bonchev–Trinajstić information content (AvgIpc) is 2.86. The first-order chi connectivity index (χ1) is 16.3. The summed E-state index contributed by atoms with van der Waals surface area (Å²) in [7, 11) is -3.68. The van der Waals surface area contributed by atoms with E-state index in [0.717, 1.165) is 16.3 Å². The molecule has 0 spiro atoms. The minimum atomic E-state index is -3.68. The molecule has 34 heavy (non-hydrogen) atoms. The second-order valence-electron chi connectivity index (χ2n) is 8.08. The molecule has 3 aromatic carbocycles. The third kappa shape index (κ3) is 5.60. The number of nitrogens with zero attached hydrogens (tertiary/aromatic N) is 2. The first-order valence-corrected chi connectivity index (χ1v) is 12.4. The molecule has 9 heteroatoms. The van der Waals surface area contributed by atoms with Crippen LogP contribution in [0.25, 0.3) is 10.8 Å². The van der Waals surface area contributed by atoms with Crippen molar-refractivity contribution in [2.75, 3.05) is 32.8 Å². The van der Waals surface area contributed by atoms with Crippen LogP contribution in [0.15, 0.2) is 71.6 Å². The molecule has 0 aromatic heterocycles. The Hall–Kier alpha value is -3.30. The highest BCUT2D eigenvalue weighted by Gasteiger charge is 2.30. The van der Waals surface area contributed by atoms with Crippen molar-refractivity contribution in [2.45, 2.75) is 17.7 Å². The topological polar surface area (TPSA) is 84.0 Å². The Bertz CT molecular complexity index is 1290. The van der Waals surface area contributed by atoms with Crippen molar-refractivity contribution >= 4 is 32.7 Å². The Morgan fingerprint density at radius 2 is 1.56 bits per heavy atom. The maximum absolute atomic E-state index is 13.1. The number of rotatable bonds is 7. The Labute approximate surface area is 197 Å². The van der Waals surface area contributed by atoms with E-state index in [-0.39, 0.29) is 55.8 Å². The molecule has 1 aliphatic heterocycles. The van der Waals surface area contributed by atoms with E-state index in [1.807, 2.05) is 24.3 Å². The van der Waals surface area contributed by atoms with Gasteiger partial charge in [0.05, 0.1) is 4.90 Å². The summed E-state index contributed by atoms with van der Waals surface area (Å²) >= 11 is 0. The second kappa shape index (κ2) is 10.3. The molecule has 4 rings (SSSR count). The number of piperazine rings is 1. The highest BCUT2D eigenvalue weighted by Crippen LogP contribution is 2.23. The monoisotopic (exact) mass is 484 g/mol.